The van der Waals surface area contributed by atoms with E-state index in [2.05, 4.69) is 13.8 Å². The Bertz CT molecular complexity index is 753. The van der Waals surface area contributed by atoms with Gasteiger partial charge < -0.3 is 9.84 Å². The third-order valence-corrected chi connectivity index (χ3v) is 7.67. The average Bonchev–Trinajstić information content (AvgIpc) is 2.90. The maximum atomic E-state index is 13.6. The van der Waals surface area contributed by atoms with E-state index in [0.717, 1.165) is 44.1 Å². The highest BCUT2D eigenvalue weighted by molar-refractivity contribution is 5.80. The molecule has 0 heterocycles. The topological polar surface area (TPSA) is 66.8 Å². The Morgan fingerprint density at radius 2 is 1.15 bits per heavy atom. The number of rotatable bonds is 23. The number of benzene rings is 1. The van der Waals surface area contributed by atoms with Crippen LogP contribution in [-0.4, -0.2) is 39.8 Å². The van der Waals surface area contributed by atoms with E-state index in [4.69, 9.17) is 4.74 Å². The fourth-order valence-electron chi connectivity index (χ4n) is 5.44. The van der Waals surface area contributed by atoms with Crippen molar-refractivity contribution < 1.29 is 19.4 Å². The van der Waals surface area contributed by atoms with Crippen LogP contribution in [0.1, 0.15) is 156 Å². The molecule has 0 saturated carbocycles. The summed E-state index contributed by atoms with van der Waals surface area (Å²) in [6.07, 6.45) is 20.9. The Balaban J connectivity index is 3.00. The molecule has 0 radical (unpaired) electrons. The predicted octanol–water partition coefficient (Wildman–Crippen LogP) is 10.3. The van der Waals surface area contributed by atoms with Gasteiger partial charge in [-0.25, -0.2) is 9.59 Å². The molecule has 0 aromatic heterocycles. The maximum absolute atomic E-state index is 13.6. The van der Waals surface area contributed by atoms with Crippen molar-refractivity contribution >= 4 is 12.1 Å². The smallest absolute Gasteiger partial charge is 0.411 e. The SMILES string of the molecule is CCCCCCCCCCC(CCCCCCCCCC)N(C(=O)OC(C)(C)C)[C@@H](Cc1ccccc1)C(=O)O. The summed E-state index contributed by atoms with van der Waals surface area (Å²) < 4.78 is 5.84. The molecule has 0 bridgehead atoms. The van der Waals surface area contributed by atoms with Crippen LogP contribution in [0.15, 0.2) is 30.3 Å². The molecule has 0 saturated heterocycles. The lowest BCUT2D eigenvalue weighted by molar-refractivity contribution is -0.144. The zero-order chi connectivity index (χ0) is 29.6. The second-order valence-corrected chi connectivity index (χ2v) is 12.6. The molecular formula is C35H61NO4. The Kier molecular flexibility index (Phi) is 19.5. The van der Waals surface area contributed by atoms with Gasteiger partial charge in [0.15, 0.2) is 0 Å². The lowest BCUT2D eigenvalue weighted by Gasteiger charge is -2.37. The van der Waals surface area contributed by atoms with Gasteiger partial charge in [-0.15, -0.1) is 0 Å². The van der Waals surface area contributed by atoms with E-state index in [9.17, 15) is 14.7 Å². The minimum atomic E-state index is -0.966. The standard InChI is InChI=1S/C35H61NO4/c1-6-8-10-12-14-16-18-23-27-31(28-24-19-17-15-13-11-9-7-2)36(34(39)40-35(3,4)5)32(33(37)38)29-30-25-21-20-22-26-30/h20-22,25-26,31-32H,6-19,23-24,27-29H2,1-5H3,(H,37,38)/t32-/m0/s1. The molecule has 1 N–H and O–H groups in total. The van der Waals surface area contributed by atoms with Crippen LogP contribution in [0.5, 0.6) is 0 Å². The third-order valence-electron chi connectivity index (χ3n) is 7.67. The average molecular weight is 560 g/mol. The van der Waals surface area contributed by atoms with E-state index < -0.39 is 23.7 Å². The van der Waals surface area contributed by atoms with Crippen LogP contribution in [-0.2, 0) is 16.0 Å². The fourth-order valence-corrected chi connectivity index (χ4v) is 5.44. The van der Waals surface area contributed by atoms with Crippen molar-refractivity contribution in [1.82, 2.24) is 4.90 Å². The Morgan fingerprint density at radius 3 is 1.55 bits per heavy atom. The highest BCUT2D eigenvalue weighted by Crippen LogP contribution is 2.25. The number of carbonyl (C=O) groups is 2. The van der Waals surface area contributed by atoms with E-state index in [-0.39, 0.29) is 12.5 Å². The third kappa shape index (κ3) is 16.9. The number of ether oxygens (including phenoxy) is 1. The molecule has 0 unspecified atom stereocenters. The van der Waals surface area contributed by atoms with E-state index in [1.165, 1.54) is 77.0 Å². The molecule has 0 fully saturated rings. The first kappa shape index (κ1) is 36.0. The number of amides is 1. The normalized spacial score (nSPS) is 12.4. The first-order chi connectivity index (χ1) is 19.2. The molecule has 1 rings (SSSR count). The van der Waals surface area contributed by atoms with E-state index in [1.807, 2.05) is 51.1 Å². The van der Waals surface area contributed by atoms with Crippen LogP contribution in [0.3, 0.4) is 0 Å². The molecule has 40 heavy (non-hydrogen) atoms. The molecule has 0 aliphatic rings. The van der Waals surface area contributed by atoms with Crippen LogP contribution in [0, 0.1) is 0 Å². The molecule has 0 aliphatic carbocycles. The summed E-state index contributed by atoms with van der Waals surface area (Å²) in [6.45, 7) is 10.0. The van der Waals surface area contributed by atoms with E-state index in [1.54, 1.807) is 4.90 Å². The lowest BCUT2D eigenvalue weighted by atomic mass is 9.95. The number of hydrogen-bond acceptors (Lipinski definition) is 3. The van der Waals surface area contributed by atoms with Crippen LogP contribution < -0.4 is 0 Å². The van der Waals surface area contributed by atoms with Crippen LogP contribution >= 0.6 is 0 Å². The summed E-state index contributed by atoms with van der Waals surface area (Å²) >= 11 is 0. The monoisotopic (exact) mass is 559 g/mol. The summed E-state index contributed by atoms with van der Waals surface area (Å²) in [7, 11) is 0. The molecule has 1 amide bonds. The van der Waals surface area contributed by atoms with E-state index in [0.29, 0.717) is 0 Å². The highest BCUT2D eigenvalue weighted by Gasteiger charge is 2.37. The molecule has 230 valence electrons. The van der Waals surface area contributed by atoms with Gasteiger partial charge in [-0.1, -0.05) is 147 Å². The van der Waals surface area contributed by atoms with Gasteiger partial charge in [0.1, 0.15) is 11.6 Å². The van der Waals surface area contributed by atoms with Crippen molar-refractivity contribution in [1.29, 1.82) is 0 Å². The second kappa shape index (κ2) is 21.7. The van der Waals surface area contributed by atoms with Gasteiger partial charge >= 0.3 is 12.1 Å². The van der Waals surface area contributed by atoms with Gasteiger partial charge in [-0.2, -0.15) is 0 Å². The number of carboxylic acid groups (broad SMARTS) is 1. The van der Waals surface area contributed by atoms with Crippen LogP contribution in [0.4, 0.5) is 4.79 Å². The summed E-state index contributed by atoms with van der Waals surface area (Å²) in [5, 5.41) is 10.4. The predicted molar refractivity (Wildman–Crippen MR) is 168 cm³/mol. The molecule has 1 atom stereocenters. The number of aliphatic carboxylic acids is 1. The number of unbranched alkanes of at least 4 members (excludes halogenated alkanes) is 14. The quantitative estimate of drug-likeness (QED) is 0.135. The number of carbonyl (C=O) groups excluding carboxylic acids is 1. The van der Waals surface area contributed by atoms with Crippen molar-refractivity contribution in [3.8, 4) is 0 Å². The lowest BCUT2D eigenvalue weighted by Crippen LogP contribution is -2.53. The minimum absolute atomic E-state index is 0.139. The fraction of sp³-hybridized carbons (Fsp3) is 0.771. The summed E-state index contributed by atoms with van der Waals surface area (Å²) in [6, 6.07) is 8.56. The molecule has 1 aromatic carbocycles. The van der Waals surface area contributed by atoms with Crippen LogP contribution in [0.2, 0.25) is 0 Å². The Labute approximate surface area is 246 Å². The summed E-state index contributed by atoms with van der Waals surface area (Å²) in [4.78, 5) is 27.9. The number of carboxylic acids is 1. The van der Waals surface area contributed by atoms with Crippen molar-refractivity contribution in [2.24, 2.45) is 0 Å². The van der Waals surface area contributed by atoms with Gasteiger partial charge in [0.05, 0.1) is 0 Å². The van der Waals surface area contributed by atoms with Crippen molar-refractivity contribution in [2.75, 3.05) is 0 Å². The van der Waals surface area contributed by atoms with Gasteiger partial charge in [0.25, 0.3) is 0 Å². The zero-order valence-corrected chi connectivity index (χ0v) is 26.6. The first-order valence-electron chi connectivity index (χ1n) is 16.5. The molecule has 5 heteroatoms. The molecule has 5 nitrogen and oxygen atoms in total. The van der Waals surface area contributed by atoms with Crippen LogP contribution in [0.25, 0.3) is 0 Å². The van der Waals surface area contributed by atoms with Gasteiger partial charge in [0, 0.05) is 12.5 Å². The van der Waals surface area contributed by atoms with Gasteiger partial charge in [-0.3, -0.25) is 4.90 Å². The Hall–Kier alpha value is -2.04. The number of nitrogens with zero attached hydrogens (tertiary/aromatic N) is 1. The van der Waals surface area contributed by atoms with Crippen molar-refractivity contribution in [3.63, 3.8) is 0 Å². The summed E-state index contributed by atoms with van der Waals surface area (Å²) in [5.41, 5.74) is 0.230. The van der Waals surface area contributed by atoms with Crippen molar-refractivity contribution in [3.05, 3.63) is 35.9 Å². The minimum Gasteiger partial charge on any atom is -0.480 e. The van der Waals surface area contributed by atoms with E-state index >= 15 is 0 Å². The molecule has 0 spiro atoms. The van der Waals surface area contributed by atoms with Gasteiger partial charge in [-0.05, 0) is 39.2 Å². The molecular weight excluding hydrogens is 498 g/mol. The molecule has 0 aliphatic heterocycles. The number of hydrogen-bond donors (Lipinski definition) is 1. The summed E-state index contributed by atoms with van der Waals surface area (Å²) in [5.74, 6) is -0.966. The van der Waals surface area contributed by atoms with Gasteiger partial charge in [0.2, 0.25) is 0 Å². The van der Waals surface area contributed by atoms with Crippen molar-refractivity contribution in [2.45, 2.75) is 174 Å². The Morgan fingerprint density at radius 1 is 0.725 bits per heavy atom. The first-order valence-corrected chi connectivity index (χ1v) is 16.5. The maximum Gasteiger partial charge on any atom is 0.411 e. The molecule has 1 aromatic rings. The zero-order valence-electron chi connectivity index (χ0n) is 26.6. The largest absolute Gasteiger partial charge is 0.480 e. The highest BCUT2D eigenvalue weighted by atomic mass is 16.6. The second-order valence-electron chi connectivity index (χ2n) is 12.6.